The van der Waals surface area contributed by atoms with Crippen molar-refractivity contribution in [2.75, 3.05) is 31.1 Å². The SMILES string of the molecule is Cc1ccc(N2CCN(C(=O)C3CCC3)CC2)nn1. The predicted molar refractivity (Wildman–Crippen MR) is 72.9 cm³/mol. The Morgan fingerprint density at radius 1 is 1.16 bits per heavy atom. The maximum atomic E-state index is 12.1. The Morgan fingerprint density at radius 2 is 1.89 bits per heavy atom. The molecule has 1 saturated heterocycles. The molecule has 1 aliphatic carbocycles. The summed E-state index contributed by atoms with van der Waals surface area (Å²) in [4.78, 5) is 16.4. The van der Waals surface area contributed by atoms with Crippen LogP contribution >= 0.6 is 0 Å². The molecule has 0 spiro atoms. The number of piperazine rings is 1. The third kappa shape index (κ3) is 2.55. The molecule has 0 atom stereocenters. The number of carbonyl (C=O) groups excluding carboxylic acids is 1. The van der Waals surface area contributed by atoms with Gasteiger partial charge in [0.2, 0.25) is 5.91 Å². The quantitative estimate of drug-likeness (QED) is 0.802. The average molecular weight is 260 g/mol. The van der Waals surface area contributed by atoms with Crippen molar-refractivity contribution in [2.24, 2.45) is 5.92 Å². The summed E-state index contributed by atoms with van der Waals surface area (Å²) in [6.07, 6.45) is 3.39. The van der Waals surface area contributed by atoms with Gasteiger partial charge in [0.25, 0.3) is 0 Å². The summed E-state index contributed by atoms with van der Waals surface area (Å²) in [5, 5.41) is 8.29. The van der Waals surface area contributed by atoms with E-state index in [1.807, 2.05) is 24.0 Å². The minimum atomic E-state index is 0.311. The van der Waals surface area contributed by atoms with Crippen LogP contribution in [0.15, 0.2) is 12.1 Å². The lowest BCUT2D eigenvalue weighted by Gasteiger charge is -2.38. The molecule has 0 bridgehead atoms. The molecule has 1 saturated carbocycles. The first-order valence-electron chi connectivity index (χ1n) is 7.08. The van der Waals surface area contributed by atoms with Gasteiger partial charge in [-0.15, -0.1) is 5.10 Å². The Kier molecular flexibility index (Phi) is 3.36. The van der Waals surface area contributed by atoms with Gasteiger partial charge in [-0.1, -0.05) is 6.42 Å². The van der Waals surface area contributed by atoms with Crippen LogP contribution in [0.3, 0.4) is 0 Å². The maximum Gasteiger partial charge on any atom is 0.225 e. The number of anilines is 1. The number of carbonyl (C=O) groups is 1. The van der Waals surface area contributed by atoms with Crippen LogP contribution in [-0.4, -0.2) is 47.2 Å². The first kappa shape index (κ1) is 12.4. The fourth-order valence-corrected chi connectivity index (χ4v) is 2.63. The molecule has 2 heterocycles. The molecule has 2 fully saturated rings. The smallest absolute Gasteiger partial charge is 0.225 e. The molecule has 3 rings (SSSR count). The molecule has 0 aromatic carbocycles. The Bertz CT molecular complexity index is 447. The number of aromatic nitrogens is 2. The molecular formula is C14H20N4O. The van der Waals surface area contributed by atoms with Gasteiger partial charge >= 0.3 is 0 Å². The number of amides is 1. The summed E-state index contributed by atoms with van der Waals surface area (Å²) in [7, 11) is 0. The van der Waals surface area contributed by atoms with Crippen LogP contribution in [0.25, 0.3) is 0 Å². The van der Waals surface area contributed by atoms with Crippen LogP contribution in [0.2, 0.25) is 0 Å². The van der Waals surface area contributed by atoms with Crippen molar-refractivity contribution in [1.29, 1.82) is 0 Å². The fourth-order valence-electron chi connectivity index (χ4n) is 2.63. The highest BCUT2D eigenvalue weighted by atomic mass is 16.2. The van der Waals surface area contributed by atoms with E-state index in [9.17, 15) is 4.79 Å². The van der Waals surface area contributed by atoms with Crippen LogP contribution in [0.5, 0.6) is 0 Å². The Labute approximate surface area is 113 Å². The van der Waals surface area contributed by atoms with Crippen molar-refractivity contribution in [3.8, 4) is 0 Å². The van der Waals surface area contributed by atoms with Crippen LogP contribution in [0.4, 0.5) is 5.82 Å². The number of aryl methyl sites for hydroxylation is 1. The minimum Gasteiger partial charge on any atom is -0.352 e. The van der Waals surface area contributed by atoms with Gasteiger partial charge in [-0.3, -0.25) is 4.79 Å². The number of hydrogen-bond donors (Lipinski definition) is 0. The Balaban J connectivity index is 1.56. The first-order chi connectivity index (χ1) is 9.24. The zero-order valence-corrected chi connectivity index (χ0v) is 11.4. The van der Waals surface area contributed by atoms with E-state index in [4.69, 9.17) is 0 Å². The summed E-state index contributed by atoms with van der Waals surface area (Å²) in [5.74, 6) is 1.59. The Morgan fingerprint density at radius 3 is 2.42 bits per heavy atom. The molecule has 102 valence electrons. The van der Waals surface area contributed by atoms with Crippen molar-refractivity contribution in [3.05, 3.63) is 17.8 Å². The molecule has 1 aromatic heterocycles. The molecule has 0 radical (unpaired) electrons. The molecule has 1 aromatic rings. The second-order valence-corrected chi connectivity index (χ2v) is 5.47. The van der Waals surface area contributed by atoms with Crippen LogP contribution in [0, 0.1) is 12.8 Å². The Hall–Kier alpha value is -1.65. The largest absolute Gasteiger partial charge is 0.352 e. The average Bonchev–Trinajstić information content (AvgIpc) is 2.38. The van der Waals surface area contributed by atoms with Crippen LogP contribution < -0.4 is 4.90 Å². The lowest BCUT2D eigenvalue weighted by molar-refractivity contribution is -0.138. The molecule has 19 heavy (non-hydrogen) atoms. The van der Waals surface area contributed by atoms with Gasteiger partial charge in [0.05, 0.1) is 5.69 Å². The first-order valence-corrected chi connectivity index (χ1v) is 7.08. The maximum absolute atomic E-state index is 12.1. The van der Waals surface area contributed by atoms with Crippen molar-refractivity contribution in [1.82, 2.24) is 15.1 Å². The van der Waals surface area contributed by atoms with E-state index in [1.54, 1.807) is 0 Å². The van der Waals surface area contributed by atoms with E-state index in [-0.39, 0.29) is 0 Å². The minimum absolute atomic E-state index is 0.311. The van der Waals surface area contributed by atoms with Gasteiger partial charge in [0.1, 0.15) is 0 Å². The number of hydrogen-bond acceptors (Lipinski definition) is 4. The standard InChI is InChI=1S/C14H20N4O/c1-11-5-6-13(16-15-11)17-7-9-18(10-8-17)14(19)12-3-2-4-12/h5-6,12H,2-4,7-10H2,1H3. The third-order valence-electron chi connectivity index (χ3n) is 4.15. The molecule has 1 aliphatic heterocycles. The van der Waals surface area contributed by atoms with Gasteiger partial charge in [0.15, 0.2) is 5.82 Å². The van der Waals surface area contributed by atoms with Gasteiger partial charge in [0, 0.05) is 32.1 Å². The topological polar surface area (TPSA) is 49.3 Å². The summed E-state index contributed by atoms with van der Waals surface area (Å²) in [6, 6.07) is 3.99. The van der Waals surface area contributed by atoms with E-state index < -0.39 is 0 Å². The molecule has 2 aliphatic rings. The molecule has 5 nitrogen and oxygen atoms in total. The highest BCUT2D eigenvalue weighted by Gasteiger charge is 2.31. The summed E-state index contributed by atoms with van der Waals surface area (Å²) in [6.45, 7) is 5.27. The molecule has 5 heteroatoms. The molecule has 0 unspecified atom stereocenters. The zero-order chi connectivity index (χ0) is 13.2. The molecular weight excluding hydrogens is 240 g/mol. The van der Waals surface area contributed by atoms with Crippen LogP contribution in [-0.2, 0) is 4.79 Å². The van der Waals surface area contributed by atoms with Crippen LogP contribution in [0.1, 0.15) is 25.0 Å². The van der Waals surface area contributed by atoms with Gasteiger partial charge in [-0.25, -0.2) is 0 Å². The fraction of sp³-hybridized carbons (Fsp3) is 0.643. The highest BCUT2D eigenvalue weighted by Crippen LogP contribution is 2.28. The van der Waals surface area contributed by atoms with Crippen molar-refractivity contribution >= 4 is 11.7 Å². The summed E-state index contributed by atoms with van der Waals surface area (Å²) >= 11 is 0. The van der Waals surface area contributed by atoms with E-state index in [2.05, 4.69) is 15.1 Å². The van der Waals surface area contributed by atoms with Gasteiger partial charge in [-0.05, 0) is 31.9 Å². The normalized spacial score (nSPS) is 20.3. The van der Waals surface area contributed by atoms with E-state index >= 15 is 0 Å². The predicted octanol–water partition coefficient (Wildman–Crippen LogP) is 1.23. The van der Waals surface area contributed by atoms with Crippen molar-refractivity contribution in [3.63, 3.8) is 0 Å². The highest BCUT2D eigenvalue weighted by molar-refractivity contribution is 5.79. The van der Waals surface area contributed by atoms with Crippen molar-refractivity contribution < 1.29 is 4.79 Å². The van der Waals surface area contributed by atoms with Crippen molar-refractivity contribution in [2.45, 2.75) is 26.2 Å². The third-order valence-corrected chi connectivity index (χ3v) is 4.15. The van der Waals surface area contributed by atoms with E-state index in [1.165, 1.54) is 6.42 Å². The van der Waals surface area contributed by atoms with Gasteiger partial charge in [-0.2, -0.15) is 5.10 Å². The second-order valence-electron chi connectivity index (χ2n) is 5.47. The zero-order valence-electron chi connectivity index (χ0n) is 11.4. The molecule has 1 amide bonds. The monoisotopic (exact) mass is 260 g/mol. The molecule has 0 N–H and O–H groups in total. The summed E-state index contributed by atoms with van der Waals surface area (Å²) in [5.41, 5.74) is 0.933. The lowest BCUT2D eigenvalue weighted by Crippen LogP contribution is -2.51. The second kappa shape index (κ2) is 5.15. The van der Waals surface area contributed by atoms with E-state index in [0.717, 1.165) is 50.5 Å². The lowest BCUT2D eigenvalue weighted by atomic mass is 9.84. The number of rotatable bonds is 2. The summed E-state index contributed by atoms with van der Waals surface area (Å²) < 4.78 is 0. The number of nitrogens with zero attached hydrogens (tertiary/aromatic N) is 4. The van der Waals surface area contributed by atoms with E-state index in [0.29, 0.717) is 11.8 Å². The van der Waals surface area contributed by atoms with Gasteiger partial charge < -0.3 is 9.80 Å².